The number of hydrogen-bond donors (Lipinski definition) is 1. The lowest BCUT2D eigenvalue weighted by molar-refractivity contribution is -0.385. The Bertz CT molecular complexity index is 348. The second-order valence-electron chi connectivity index (χ2n) is 3.53. The van der Waals surface area contributed by atoms with Gasteiger partial charge in [-0.25, -0.2) is 0 Å². The molecule has 1 N–H and O–H groups in total. The summed E-state index contributed by atoms with van der Waals surface area (Å²) in [4.78, 5) is 10.4. The van der Waals surface area contributed by atoms with E-state index in [1.807, 2.05) is 12.1 Å². The lowest BCUT2D eigenvalue weighted by Crippen LogP contribution is -2.44. The molecule has 0 saturated carbocycles. The number of benzene rings is 1. The van der Waals surface area contributed by atoms with E-state index >= 15 is 0 Å². The number of nitrogens with one attached hydrogen (secondary N) is 1. The molecule has 0 aliphatic carbocycles. The maximum Gasteiger partial charge on any atom is 0.272 e. The molecule has 1 atom stereocenters. The summed E-state index contributed by atoms with van der Waals surface area (Å²) < 4.78 is 0. The highest BCUT2D eigenvalue weighted by Gasteiger charge is 2.21. The Morgan fingerprint density at radius 1 is 1.50 bits per heavy atom. The molecule has 1 aliphatic heterocycles. The van der Waals surface area contributed by atoms with E-state index in [1.54, 1.807) is 12.1 Å². The second kappa shape index (κ2) is 3.75. The van der Waals surface area contributed by atoms with Crippen LogP contribution in [0.25, 0.3) is 0 Å². The summed E-state index contributed by atoms with van der Waals surface area (Å²) in [5, 5.41) is 13.9. The van der Waals surface area contributed by atoms with Gasteiger partial charge < -0.3 is 5.32 Å². The summed E-state index contributed by atoms with van der Waals surface area (Å²) in [7, 11) is 0. The average molecular weight is 192 g/mol. The molecule has 74 valence electrons. The Hall–Kier alpha value is -1.42. The molecule has 1 fully saturated rings. The van der Waals surface area contributed by atoms with E-state index in [9.17, 15) is 10.1 Å². The van der Waals surface area contributed by atoms with Gasteiger partial charge in [0.05, 0.1) is 4.92 Å². The highest BCUT2D eigenvalue weighted by Crippen LogP contribution is 2.21. The summed E-state index contributed by atoms with van der Waals surface area (Å²) in [6, 6.07) is 7.37. The van der Waals surface area contributed by atoms with E-state index in [2.05, 4.69) is 5.32 Å². The van der Waals surface area contributed by atoms with Crippen molar-refractivity contribution in [3.63, 3.8) is 0 Å². The van der Waals surface area contributed by atoms with Gasteiger partial charge in [0.15, 0.2) is 0 Å². The summed E-state index contributed by atoms with van der Waals surface area (Å²) in [5.41, 5.74) is 1.07. The van der Waals surface area contributed by atoms with Gasteiger partial charge in [0.1, 0.15) is 0 Å². The van der Waals surface area contributed by atoms with E-state index in [-0.39, 0.29) is 10.6 Å². The third kappa shape index (κ3) is 1.75. The lowest BCUT2D eigenvalue weighted by Gasteiger charge is -2.27. The van der Waals surface area contributed by atoms with E-state index in [1.165, 1.54) is 0 Å². The summed E-state index contributed by atoms with van der Waals surface area (Å²) in [5.74, 6) is 0. The van der Waals surface area contributed by atoms with Crippen LogP contribution in [0.15, 0.2) is 24.3 Å². The van der Waals surface area contributed by atoms with Crippen molar-refractivity contribution < 1.29 is 4.92 Å². The van der Waals surface area contributed by atoms with Crippen LogP contribution in [0.5, 0.6) is 0 Å². The molecule has 4 heteroatoms. The van der Waals surface area contributed by atoms with Crippen molar-refractivity contribution in [2.24, 2.45) is 0 Å². The Labute approximate surface area is 82.1 Å². The molecule has 4 nitrogen and oxygen atoms in total. The van der Waals surface area contributed by atoms with Gasteiger partial charge in [0, 0.05) is 17.7 Å². The minimum absolute atomic E-state index is 0.237. The summed E-state index contributed by atoms with van der Waals surface area (Å²) in [6.45, 7) is 1.03. The fraction of sp³-hybridized carbons (Fsp3) is 0.400. The summed E-state index contributed by atoms with van der Waals surface area (Å²) >= 11 is 0. The molecule has 0 unspecified atom stereocenters. The predicted molar refractivity (Wildman–Crippen MR) is 53.2 cm³/mol. The third-order valence-corrected chi connectivity index (χ3v) is 2.58. The van der Waals surface area contributed by atoms with Gasteiger partial charge in [-0.05, 0) is 19.4 Å². The highest BCUT2D eigenvalue weighted by molar-refractivity contribution is 5.40. The van der Waals surface area contributed by atoms with Crippen LogP contribution in [0.3, 0.4) is 0 Å². The van der Waals surface area contributed by atoms with Gasteiger partial charge in [-0.2, -0.15) is 0 Å². The van der Waals surface area contributed by atoms with Crippen molar-refractivity contribution in [3.05, 3.63) is 39.9 Å². The third-order valence-electron chi connectivity index (χ3n) is 2.58. The van der Waals surface area contributed by atoms with E-state index in [4.69, 9.17) is 0 Å². The molecular weight excluding hydrogens is 180 g/mol. The molecule has 1 aromatic rings. The zero-order chi connectivity index (χ0) is 9.97. The number of nitrogens with zero attached hydrogens (tertiary/aromatic N) is 1. The minimum atomic E-state index is -0.312. The van der Waals surface area contributed by atoms with Crippen LogP contribution in [-0.4, -0.2) is 17.5 Å². The van der Waals surface area contributed by atoms with Crippen LogP contribution in [0.4, 0.5) is 5.69 Å². The summed E-state index contributed by atoms with van der Waals surface area (Å²) in [6.07, 6.45) is 1.88. The fourth-order valence-electron chi connectivity index (χ4n) is 1.65. The molecule has 14 heavy (non-hydrogen) atoms. The van der Waals surface area contributed by atoms with E-state index in [0.29, 0.717) is 6.04 Å². The van der Waals surface area contributed by atoms with Gasteiger partial charge in [-0.15, -0.1) is 0 Å². The Balaban J connectivity index is 2.17. The van der Waals surface area contributed by atoms with Crippen molar-refractivity contribution >= 4 is 5.69 Å². The molecule has 0 aromatic heterocycles. The predicted octanol–water partition coefficient (Wildman–Crippen LogP) is 1.50. The standard InChI is InChI=1S/C10H12N2O2/c13-12(14)10-4-2-1-3-8(10)7-9-5-6-11-9/h1-4,9,11H,5-7H2/t9-/m0/s1. The molecule has 0 bridgehead atoms. The molecule has 1 aromatic carbocycles. The normalized spacial score (nSPS) is 20.1. The van der Waals surface area contributed by atoms with E-state index in [0.717, 1.165) is 24.9 Å². The maximum absolute atomic E-state index is 10.7. The van der Waals surface area contributed by atoms with Gasteiger partial charge in [-0.3, -0.25) is 10.1 Å². The molecule has 0 amide bonds. The van der Waals surface area contributed by atoms with Crippen molar-refractivity contribution in [1.29, 1.82) is 0 Å². The van der Waals surface area contributed by atoms with Gasteiger partial charge >= 0.3 is 0 Å². The zero-order valence-electron chi connectivity index (χ0n) is 7.77. The minimum Gasteiger partial charge on any atom is -0.314 e. The number of nitro groups is 1. The SMILES string of the molecule is O=[N+]([O-])c1ccccc1C[C@@H]1CCN1. The van der Waals surface area contributed by atoms with Crippen molar-refractivity contribution in [2.45, 2.75) is 18.9 Å². The average Bonchev–Trinajstić information content (AvgIpc) is 2.12. The first-order chi connectivity index (χ1) is 6.77. The smallest absolute Gasteiger partial charge is 0.272 e. The van der Waals surface area contributed by atoms with Crippen LogP contribution in [0.2, 0.25) is 0 Å². The Morgan fingerprint density at radius 2 is 2.21 bits per heavy atom. The lowest BCUT2D eigenvalue weighted by atomic mass is 9.97. The fourth-order valence-corrected chi connectivity index (χ4v) is 1.65. The number of hydrogen-bond acceptors (Lipinski definition) is 3. The molecule has 2 rings (SSSR count). The van der Waals surface area contributed by atoms with Crippen molar-refractivity contribution in [1.82, 2.24) is 5.32 Å². The number of rotatable bonds is 3. The molecule has 1 heterocycles. The van der Waals surface area contributed by atoms with E-state index < -0.39 is 0 Å². The first kappa shape index (κ1) is 9.15. The molecule has 1 saturated heterocycles. The van der Waals surface area contributed by atoms with Crippen LogP contribution < -0.4 is 5.32 Å². The Kier molecular flexibility index (Phi) is 2.45. The number of para-hydroxylation sites is 1. The van der Waals surface area contributed by atoms with Crippen molar-refractivity contribution in [3.8, 4) is 0 Å². The first-order valence-electron chi connectivity index (χ1n) is 4.73. The second-order valence-corrected chi connectivity index (χ2v) is 3.53. The molecule has 0 spiro atoms. The maximum atomic E-state index is 10.7. The molecule has 0 radical (unpaired) electrons. The quantitative estimate of drug-likeness (QED) is 0.583. The monoisotopic (exact) mass is 192 g/mol. The van der Waals surface area contributed by atoms with Crippen LogP contribution in [-0.2, 0) is 6.42 Å². The zero-order valence-corrected chi connectivity index (χ0v) is 7.77. The Morgan fingerprint density at radius 3 is 2.79 bits per heavy atom. The van der Waals surface area contributed by atoms with Crippen LogP contribution in [0, 0.1) is 10.1 Å². The van der Waals surface area contributed by atoms with Crippen molar-refractivity contribution in [2.75, 3.05) is 6.54 Å². The number of nitro benzene ring substituents is 1. The van der Waals surface area contributed by atoms with Crippen LogP contribution >= 0.6 is 0 Å². The molecule has 1 aliphatic rings. The van der Waals surface area contributed by atoms with Gasteiger partial charge in [0.25, 0.3) is 5.69 Å². The largest absolute Gasteiger partial charge is 0.314 e. The molecular formula is C10H12N2O2. The van der Waals surface area contributed by atoms with Gasteiger partial charge in [0.2, 0.25) is 0 Å². The van der Waals surface area contributed by atoms with Gasteiger partial charge in [-0.1, -0.05) is 18.2 Å². The highest BCUT2D eigenvalue weighted by atomic mass is 16.6. The topological polar surface area (TPSA) is 55.2 Å². The van der Waals surface area contributed by atoms with Crippen LogP contribution in [0.1, 0.15) is 12.0 Å². The first-order valence-corrected chi connectivity index (χ1v) is 4.73.